The predicted octanol–water partition coefficient (Wildman–Crippen LogP) is 2.65. The minimum Gasteiger partial charge on any atom is -0.394 e. The maximum absolute atomic E-state index is 13.0. The number of halogens is 1. The molecule has 108 valence electrons. The summed E-state index contributed by atoms with van der Waals surface area (Å²) in [5, 5.41) is 12.4. The lowest BCUT2D eigenvalue weighted by atomic mass is 9.98. The van der Waals surface area contributed by atoms with Crippen LogP contribution in [0, 0.1) is 5.82 Å². The van der Waals surface area contributed by atoms with E-state index in [9.17, 15) is 14.3 Å². The third kappa shape index (κ3) is 3.90. The molecule has 1 aromatic carbocycles. The maximum atomic E-state index is 13.0. The van der Waals surface area contributed by atoms with Crippen molar-refractivity contribution in [3.8, 4) is 0 Å². The summed E-state index contributed by atoms with van der Waals surface area (Å²) < 4.78 is 13.0. The average Bonchev–Trinajstić information content (AvgIpc) is 2.88. The number of carbonyl (C=O) groups excluding carboxylic acids is 1. The van der Waals surface area contributed by atoms with Crippen molar-refractivity contribution in [2.24, 2.45) is 0 Å². The lowest BCUT2D eigenvalue weighted by Gasteiger charge is -2.27. The van der Waals surface area contributed by atoms with Gasteiger partial charge in [0.1, 0.15) is 5.82 Å². The van der Waals surface area contributed by atoms with E-state index in [-0.39, 0.29) is 24.8 Å². The van der Waals surface area contributed by atoms with E-state index >= 15 is 0 Å². The van der Waals surface area contributed by atoms with E-state index in [2.05, 4.69) is 5.32 Å². The van der Waals surface area contributed by atoms with E-state index in [0.29, 0.717) is 0 Å². The maximum Gasteiger partial charge on any atom is 0.224 e. The Balaban J connectivity index is 1.86. The number of benzene rings is 1. The second-order valence-corrected chi connectivity index (χ2v) is 5.36. The number of rotatable bonds is 5. The van der Waals surface area contributed by atoms with Crippen LogP contribution in [0.2, 0.25) is 0 Å². The van der Waals surface area contributed by atoms with Crippen molar-refractivity contribution in [3.05, 3.63) is 41.7 Å². The first-order valence-electron chi connectivity index (χ1n) is 6.98. The van der Waals surface area contributed by atoms with Crippen LogP contribution in [0.3, 0.4) is 0 Å². The Bertz CT molecular complexity index is 493. The van der Waals surface area contributed by atoms with Crippen molar-refractivity contribution in [2.45, 2.75) is 37.6 Å². The van der Waals surface area contributed by atoms with Crippen LogP contribution in [0.5, 0.6) is 0 Å². The Morgan fingerprint density at radius 3 is 2.80 bits per heavy atom. The zero-order chi connectivity index (χ0) is 14.4. The number of aliphatic hydroxyl groups is 1. The number of hydrogen-bond acceptors (Lipinski definition) is 2. The molecule has 1 aliphatic rings. The molecule has 0 aromatic heterocycles. The van der Waals surface area contributed by atoms with Gasteiger partial charge in [0.2, 0.25) is 5.91 Å². The van der Waals surface area contributed by atoms with Crippen LogP contribution in [-0.2, 0) is 4.79 Å². The monoisotopic (exact) mass is 277 g/mol. The van der Waals surface area contributed by atoms with Crippen LogP contribution >= 0.6 is 0 Å². The molecule has 0 bridgehead atoms. The molecule has 0 heterocycles. The van der Waals surface area contributed by atoms with Gasteiger partial charge in [0.25, 0.3) is 0 Å². The fraction of sp³-hybridized carbons (Fsp3) is 0.438. The smallest absolute Gasteiger partial charge is 0.224 e. The molecule has 20 heavy (non-hydrogen) atoms. The summed E-state index contributed by atoms with van der Waals surface area (Å²) in [6, 6.07) is 6.22. The first-order valence-corrected chi connectivity index (χ1v) is 6.98. The van der Waals surface area contributed by atoms with Crippen LogP contribution in [0.1, 0.15) is 37.7 Å². The molecular weight excluding hydrogens is 257 g/mol. The summed E-state index contributed by atoms with van der Waals surface area (Å²) in [5.74, 6) is -0.393. The summed E-state index contributed by atoms with van der Waals surface area (Å²) >= 11 is 0. The molecule has 0 atom stereocenters. The van der Waals surface area contributed by atoms with Gasteiger partial charge in [-0.15, -0.1) is 0 Å². The van der Waals surface area contributed by atoms with Crippen LogP contribution in [0.4, 0.5) is 4.39 Å². The largest absolute Gasteiger partial charge is 0.394 e. The fourth-order valence-corrected chi connectivity index (χ4v) is 2.63. The number of carbonyl (C=O) groups is 1. The molecule has 4 heteroatoms. The minimum absolute atomic E-state index is 0.00759. The second-order valence-electron chi connectivity index (χ2n) is 5.36. The standard InChI is InChI=1S/C16H20FNO2/c17-14-7-3-5-13(11-14)6-4-8-15(20)18-16(12-19)9-1-2-10-16/h3-7,11,19H,1-2,8-10,12H2,(H,18,20)/b6-4+. The Kier molecular flexibility index (Phi) is 4.90. The van der Waals surface area contributed by atoms with E-state index in [4.69, 9.17) is 0 Å². The van der Waals surface area contributed by atoms with E-state index in [1.54, 1.807) is 24.3 Å². The number of hydrogen-bond donors (Lipinski definition) is 2. The van der Waals surface area contributed by atoms with E-state index < -0.39 is 5.54 Å². The highest BCUT2D eigenvalue weighted by molar-refractivity contribution is 5.79. The van der Waals surface area contributed by atoms with E-state index in [0.717, 1.165) is 31.2 Å². The van der Waals surface area contributed by atoms with Gasteiger partial charge in [-0.1, -0.05) is 37.1 Å². The molecule has 1 saturated carbocycles. The van der Waals surface area contributed by atoms with E-state index in [1.165, 1.54) is 12.1 Å². The van der Waals surface area contributed by atoms with Crippen molar-refractivity contribution in [1.29, 1.82) is 0 Å². The number of nitrogens with one attached hydrogen (secondary N) is 1. The van der Waals surface area contributed by atoms with Gasteiger partial charge >= 0.3 is 0 Å². The predicted molar refractivity (Wildman–Crippen MR) is 76.5 cm³/mol. The Labute approximate surface area is 118 Å². The van der Waals surface area contributed by atoms with Gasteiger partial charge in [0, 0.05) is 6.42 Å². The van der Waals surface area contributed by atoms with Gasteiger partial charge in [-0.2, -0.15) is 0 Å². The SMILES string of the molecule is O=C(C/C=C/c1cccc(F)c1)NC1(CO)CCCC1. The zero-order valence-corrected chi connectivity index (χ0v) is 11.4. The average molecular weight is 277 g/mol. The summed E-state index contributed by atoms with van der Waals surface area (Å²) in [6.45, 7) is -0.00759. The van der Waals surface area contributed by atoms with Crippen molar-refractivity contribution in [3.63, 3.8) is 0 Å². The van der Waals surface area contributed by atoms with Crippen molar-refractivity contribution in [2.75, 3.05) is 6.61 Å². The highest BCUT2D eigenvalue weighted by Crippen LogP contribution is 2.29. The fourth-order valence-electron chi connectivity index (χ4n) is 2.63. The third-order valence-electron chi connectivity index (χ3n) is 3.73. The molecule has 1 fully saturated rings. The topological polar surface area (TPSA) is 49.3 Å². The normalized spacial score (nSPS) is 17.5. The van der Waals surface area contributed by atoms with Crippen LogP contribution in [0.15, 0.2) is 30.3 Å². The Morgan fingerprint density at radius 1 is 1.40 bits per heavy atom. The molecule has 0 spiro atoms. The quantitative estimate of drug-likeness (QED) is 0.869. The molecular formula is C16H20FNO2. The molecule has 2 N–H and O–H groups in total. The van der Waals surface area contributed by atoms with Crippen LogP contribution < -0.4 is 5.32 Å². The highest BCUT2D eigenvalue weighted by Gasteiger charge is 2.34. The molecule has 2 rings (SSSR count). The number of amides is 1. The molecule has 0 saturated heterocycles. The van der Waals surface area contributed by atoms with Gasteiger partial charge in [0.05, 0.1) is 12.1 Å². The second kappa shape index (κ2) is 6.66. The highest BCUT2D eigenvalue weighted by atomic mass is 19.1. The minimum atomic E-state index is -0.427. The Morgan fingerprint density at radius 2 is 2.15 bits per heavy atom. The molecule has 3 nitrogen and oxygen atoms in total. The van der Waals surface area contributed by atoms with Crippen molar-refractivity contribution < 1.29 is 14.3 Å². The van der Waals surface area contributed by atoms with Crippen LogP contribution in [0.25, 0.3) is 6.08 Å². The van der Waals surface area contributed by atoms with Gasteiger partial charge in [-0.05, 0) is 30.5 Å². The molecule has 0 aliphatic heterocycles. The van der Waals surface area contributed by atoms with Gasteiger partial charge < -0.3 is 10.4 Å². The molecule has 1 aliphatic carbocycles. The summed E-state index contributed by atoms with van der Waals surface area (Å²) in [7, 11) is 0. The van der Waals surface area contributed by atoms with Gasteiger partial charge in [-0.3, -0.25) is 4.79 Å². The summed E-state index contributed by atoms with van der Waals surface area (Å²) in [4.78, 5) is 11.9. The molecule has 1 aromatic rings. The lowest BCUT2D eigenvalue weighted by molar-refractivity contribution is -0.122. The molecule has 1 amide bonds. The van der Waals surface area contributed by atoms with Crippen molar-refractivity contribution in [1.82, 2.24) is 5.32 Å². The lowest BCUT2D eigenvalue weighted by Crippen LogP contribution is -2.49. The van der Waals surface area contributed by atoms with Crippen LogP contribution in [-0.4, -0.2) is 23.2 Å². The Hall–Kier alpha value is -1.68. The van der Waals surface area contributed by atoms with Gasteiger partial charge in [0.15, 0.2) is 0 Å². The summed E-state index contributed by atoms with van der Waals surface area (Å²) in [6.07, 6.45) is 7.43. The van der Waals surface area contributed by atoms with E-state index in [1.807, 2.05) is 0 Å². The first kappa shape index (κ1) is 14.7. The van der Waals surface area contributed by atoms with Gasteiger partial charge in [-0.25, -0.2) is 4.39 Å². The summed E-state index contributed by atoms with van der Waals surface area (Å²) in [5.41, 5.74) is 0.305. The first-order chi connectivity index (χ1) is 9.63. The number of aliphatic hydroxyl groups excluding tert-OH is 1. The molecule has 0 radical (unpaired) electrons. The molecule has 0 unspecified atom stereocenters. The third-order valence-corrected chi connectivity index (χ3v) is 3.73. The zero-order valence-electron chi connectivity index (χ0n) is 11.4. The van der Waals surface area contributed by atoms with Crippen molar-refractivity contribution >= 4 is 12.0 Å².